The molecule has 0 unspecified atom stereocenters. The van der Waals surface area contributed by atoms with Gasteiger partial charge in [-0.05, 0) is 30.7 Å². The van der Waals surface area contributed by atoms with Crippen molar-refractivity contribution >= 4 is 13.9 Å². The highest BCUT2D eigenvalue weighted by Crippen LogP contribution is 2.68. The molecule has 0 heterocycles. The van der Waals surface area contributed by atoms with Crippen molar-refractivity contribution in [3.05, 3.63) is 0 Å². The Kier molecular flexibility index (Phi) is 1.95. The molecule has 0 aromatic carbocycles. The molecule has 0 N–H and O–H groups in total. The van der Waals surface area contributed by atoms with Crippen molar-refractivity contribution in [3.8, 4) is 0 Å². The summed E-state index contributed by atoms with van der Waals surface area (Å²) >= 11 is 0. The molecule has 13 heavy (non-hydrogen) atoms. The van der Waals surface area contributed by atoms with Crippen LogP contribution in [-0.4, -0.2) is 13.9 Å². The van der Waals surface area contributed by atoms with E-state index in [1.54, 1.807) is 0 Å². The number of Topliss-reactive ketones (excluding diaryl/α,β-unsaturated/α-hetero) is 1. The van der Waals surface area contributed by atoms with E-state index in [-0.39, 0.29) is 0 Å². The third kappa shape index (κ3) is 1.30. The fraction of sp³-hybridized carbons (Fsp3) is 0.909. The van der Waals surface area contributed by atoms with Crippen LogP contribution in [-0.2, 0) is 4.79 Å². The number of carbonyl (C=O) groups is 1. The molecule has 0 radical (unpaired) electrons. The Morgan fingerprint density at radius 2 is 1.92 bits per heavy atom. The summed E-state index contributed by atoms with van der Waals surface area (Å²) in [6.45, 7) is 7.31. The van der Waals surface area contributed by atoms with Gasteiger partial charge in [0.05, 0.1) is 8.07 Å². The second kappa shape index (κ2) is 2.69. The van der Waals surface area contributed by atoms with Crippen molar-refractivity contribution < 1.29 is 4.79 Å². The molecule has 1 atom stereocenters. The topological polar surface area (TPSA) is 17.1 Å². The maximum Gasteiger partial charge on any atom is 0.136 e. The van der Waals surface area contributed by atoms with Crippen molar-refractivity contribution in [3.63, 3.8) is 0 Å². The lowest BCUT2D eigenvalue weighted by Crippen LogP contribution is -2.36. The summed E-state index contributed by atoms with van der Waals surface area (Å²) in [6.07, 6.45) is 5.92. The highest BCUT2D eigenvalue weighted by molar-refractivity contribution is 6.80. The Balaban J connectivity index is 2.20. The minimum atomic E-state index is -1.10. The van der Waals surface area contributed by atoms with E-state index in [1.807, 2.05) is 0 Å². The lowest BCUT2D eigenvalue weighted by atomic mass is 10.0. The van der Waals surface area contributed by atoms with Crippen molar-refractivity contribution in [1.82, 2.24) is 0 Å². The Hall–Kier alpha value is -0.113. The zero-order valence-corrected chi connectivity index (χ0v) is 10.0. The standard InChI is InChI=1S/C11H20OSi/c1-13(2,3)11(7-8-11)9-5-4-6-10(9)12/h9H,4-8H2,1-3H3/t9-/m1/s1. The first-order valence-corrected chi connectivity index (χ1v) is 9.00. The molecule has 2 saturated carbocycles. The molecular formula is C11H20OSi. The fourth-order valence-corrected chi connectivity index (χ4v) is 6.13. The second-order valence-electron chi connectivity index (χ2n) is 5.82. The molecule has 2 aliphatic rings. The van der Waals surface area contributed by atoms with Crippen LogP contribution in [0, 0.1) is 5.92 Å². The van der Waals surface area contributed by atoms with Crippen LogP contribution < -0.4 is 0 Å². The molecular weight excluding hydrogens is 176 g/mol. The molecule has 74 valence electrons. The minimum absolute atomic E-state index is 0.471. The van der Waals surface area contributed by atoms with Gasteiger partial charge in [-0.2, -0.15) is 0 Å². The molecule has 2 heteroatoms. The Morgan fingerprint density at radius 1 is 1.31 bits per heavy atom. The summed E-state index contributed by atoms with van der Waals surface area (Å²) in [7, 11) is -1.10. The van der Waals surface area contributed by atoms with Crippen LogP contribution >= 0.6 is 0 Å². The van der Waals surface area contributed by atoms with Crippen LogP contribution in [0.15, 0.2) is 0 Å². The van der Waals surface area contributed by atoms with Crippen LogP contribution in [0.25, 0.3) is 0 Å². The van der Waals surface area contributed by atoms with E-state index in [2.05, 4.69) is 19.6 Å². The summed E-state index contributed by atoms with van der Waals surface area (Å²) in [5.41, 5.74) is 0. The third-order valence-electron chi connectivity index (χ3n) is 4.25. The van der Waals surface area contributed by atoms with Gasteiger partial charge in [0.15, 0.2) is 0 Å². The van der Waals surface area contributed by atoms with E-state index in [9.17, 15) is 4.79 Å². The highest BCUT2D eigenvalue weighted by atomic mass is 28.3. The van der Waals surface area contributed by atoms with Gasteiger partial charge in [0.2, 0.25) is 0 Å². The Labute approximate surface area is 81.9 Å². The van der Waals surface area contributed by atoms with E-state index < -0.39 is 8.07 Å². The first-order chi connectivity index (χ1) is 5.97. The van der Waals surface area contributed by atoms with Gasteiger partial charge in [0, 0.05) is 12.3 Å². The Morgan fingerprint density at radius 3 is 2.23 bits per heavy atom. The predicted octanol–water partition coefficient (Wildman–Crippen LogP) is 3.23. The SMILES string of the molecule is C[Si](C)(C)C1([C@@H]2CCCC2=O)CC1. The molecule has 1 nitrogen and oxygen atoms in total. The van der Waals surface area contributed by atoms with Gasteiger partial charge in [0.25, 0.3) is 0 Å². The number of carbonyl (C=O) groups excluding carboxylic acids is 1. The first-order valence-electron chi connectivity index (χ1n) is 5.50. The van der Waals surface area contributed by atoms with Gasteiger partial charge < -0.3 is 0 Å². The van der Waals surface area contributed by atoms with Crippen molar-refractivity contribution in [2.75, 3.05) is 0 Å². The number of rotatable bonds is 2. The number of ketones is 1. The van der Waals surface area contributed by atoms with Crippen LogP contribution in [0.3, 0.4) is 0 Å². The maximum absolute atomic E-state index is 11.7. The molecule has 0 aromatic rings. The van der Waals surface area contributed by atoms with Gasteiger partial charge in [-0.3, -0.25) is 4.79 Å². The Bertz CT molecular complexity index is 235. The van der Waals surface area contributed by atoms with Crippen molar-refractivity contribution in [2.24, 2.45) is 5.92 Å². The highest BCUT2D eigenvalue weighted by Gasteiger charge is 2.59. The molecule has 0 bridgehead atoms. The van der Waals surface area contributed by atoms with Gasteiger partial charge in [-0.15, -0.1) is 0 Å². The zero-order chi connectivity index (χ0) is 9.69. The smallest absolute Gasteiger partial charge is 0.136 e. The average Bonchev–Trinajstić information content (AvgIpc) is 2.70. The summed E-state index contributed by atoms with van der Waals surface area (Å²) in [4.78, 5) is 11.7. The molecule has 0 aromatic heterocycles. The molecule has 0 saturated heterocycles. The van der Waals surface area contributed by atoms with E-state index in [0.29, 0.717) is 16.7 Å². The summed E-state index contributed by atoms with van der Waals surface area (Å²) in [6, 6.07) is 0. The summed E-state index contributed by atoms with van der Waals surface area (Å²) in [5.74, 6) is 1.05. The minimum Gasteiger partial charge on any atom is -0.299 e. The molecule has 2 aliphatic carbocycles. The largest absolute Gasteiger partial charge is 0.299 e. The van der Waals surface area contributed by atoms with Gasteiger partial charge in [-0.1, -0.05) is 19.6 Å². The van der Waals surface area contributed by atoms with Crippen molar-refractivity contribution in [1.29, 1.82) is 0 Å². The fourth-order valence-electron chi connectivity index (χ4n) is 3.16. The average molecular weight is 196 g/mol. The van der Waals surface area contributed by atoms with E-state index in [4.69, 9.17) is 0 Å². The van der Waals surface area contributed by atoms with E-state index in [1.165, 1.54) is 19.3 Å². The quantitative estimate of drug-likeness (QED) is 0.620. The second-order valence-corrected chi connectivity index (χ2v) is 11.3. The van der Waals surface area contributed by atoms with Crippen LogP contribution in [0.5, 0.6) is 0 Å². The number of hydrogen-bond acceptors (Lipinski definition) is 1. The van der Waals surface area contributed by atoms with Gasteiger partial charge >= 0.3 is 0 Å². The van der Waals surface area contributed by atoms with Gasteiger partial charge in [-0.25, -0.2) is 0 Å². The molecule has 0 spiro atoms. The van der Waals surface area contributed by atoms with Gasteiger partial charge in [0.1, 0.15) is 5.78 Å². The predicted molar refractivity (Wildman–Crippen MR) is 57.6 cm³/mol. The first kappa shape index (κ1) is 9.44. The van der Waals surface area contributed by atoms with E-state index >= 15 is 0 Å². The third-order valence-corrected chi connectivity index (χ3v) is 8.09. The van der Waals surface area contributed by atoms with Crippen LogP contribution in [0.4, 0.5) is 0 Å². The lowest BCUT2D eigenvalue weighted by molar-refractivity contribution is -0.121. The van der Waals surface area contributed by atoms with Crippen LogP contribution in [0.2, 0.25) is 24.7 Å². The van der Waals surface area contributed by atoms with Crippen LogP contribution in [0.1, 0.15) is 32.1 Å². The molecule has 2 rings (SSSR count). The van der Waals surface area contributed by atoms with E-state index in [0.717, 1.165) is 12.8 Å². The summed E-state index contributed by atoms with van der Waals surface area (Å²) in [5, 5.41) is 0.528. The maximum atomic E-state index is 11.7. The molecule has 2 fully saturated rings. The zero-order valence-electron chi connectivity index (χ0n) is 9.02. The normalized spacial score (nSPS) is 32.2. The number of hydrogen-bond donors (Lipinski definition) is 0. The monoisotopic (exact) mass is 196 g/mol. The molecule has 0 amide bonds. The van der Waals surface area contributed by atoms with Crippen molar-refractivity contribution in [2.45, 2.75) is 56.8 Å². The lowest BCUT2D eigenvalue weighted by Gasteiger charge is -2.33. The molecule has 0 aliphatic heterocycles. The summed E-state index contributed by atoms with van der Waals surface area (Å²) < 4.78 is 0.